The van der Waals surface area contributed by atoms with Gasteiger partial charge >= 0.3 is 0 Å². The smallest absolute Gasteiger partial charge is 0.273 e. The average Bonchev–Trinajstić information content (AvgIpc) is 2.62. The predicted molar refractivity (Wildman–Crippen MR) is 94.2 cm³/mol. The first-order valence-electron chi connectivity index (χ1n) is 8.44. The topological polar surface area (TPSA) is 98.5 Å². The van der Waals surface area contributed by atoms with Crippen molar-refractivity contribution in [3.63, 3.8) is 0 Å². The van der Waals surface area contributed by atoms with Crippen LogP contribution in [0.25, 0.3) is 0 Å². The van der Waals surface area contributed by atoms with Crippen LogP contribution in [0.15, 0.2) is 30.5 Å². The molecule has 0 spiro atoms. The normalized spacial score (nSPS) is 14.9. The summed E-state index contributed by atoms with van der Waals surface area (Å²) in [5.74, 6) is 0.997. The number of aromatic nitrogens is 2. The van der Waals surface area contributed by atoms with Crippen molar-refractivity contribution in [3.05, 3.63) is 57.5 Å². The number of nitro benzene ring substituents is 1. The van der Waals surface area contributed by atoms with Gasteiger partial charge in [0, 0.05) is 55.4 Å². The number of hydrogen-bond donors (Lipinski definition) is 0. The molecule has 0 saturated carbocycles. The molecule has 0 radical (unpaired) electrons. The quantitative estimate of drug-likeness (QED) is 0.617. The highest BCUT2D eigenvalue weighted by atomic mass is 16.6. The molecule has 0 bridgehead atoms. The molecule has 3 rings (SSSR count). The molecular formula is C18H20N4O4. The highest BCUT2D eigenvalue weighted by Crippen LogP contribution is 2.22. The Hall–Kier alpha value is -3.03. The third-order valence-electron chi connectivity index (χ3n) is 4.42. The molecular weight excluding hydrogens is 336 g/mol. The summed E-state index contributed by atoms with van der Waals surface area (Å²) >= 11 is 0. The standard InChI is InChI=1S/C18H20N4O4/c1-12-3-4-14(11-16(12)22(24)25)18(23)21-9-6-15(7-10-21)26-17-5-8-19-13(2)20-17/h3-5,8,11,15H,6-7,9-10H2,1-2H3. The van der Waals surface area contributed by atoms with Gasteiger partial charge in [0.25, 0.3) is 11.6 Å². The molecule has 0 aliphatic carbocycles. The zero-order valence-corrected chi connectivity index (χ0v) is 14.7. The Balaban J connectivity index is 1.62. The van der Waals surface area contributed by atoms with Crippen molar-refractivity contribution in [1.82, 2.24) is 14.9 Å². The van der Waals surface area contributed by atoms with Crippen molar-refractivity contribution in [2.75, 3.05) is 13.1 Å². The fourth-order valence-electron chi connectivity index (χ4n) is 2.97. The Morgan fingerprint density at radius 2 is 2.00 bits per heavy atom. The van der Waals surface area contributed by atoms with Crippen LogP contribution in [0.5, 0.6) is 5.88 Å². The highest BCUT2D eigenvalue weighted by Gasteiger charge is 2.26. The van der Waals surface area contributed by atoms with Crippen molar-refractivity contribution in [1.29, 1.82) is 0 Å². The molecule has 26 heavy (non-hydrogen) atoms. The van der Waals surface area contributed by atoms with Crippen molar-refractivity contribution >= 4 is 11.6 Å². The van der Waals surface area contributed by atoms with Gasteiger partial charge in [0.1, 0.15) is 11.9 Å². The summed E-state index contributed by atoms with van der Waals surface area (Å²) in [6.07, 6.45) is 3.01. The van der Waals surface area contributed by atoms with Crippen molar-refractivity contribution < 1.29 is 14.5 Å². The van der Waals surface area contributed by atoms with Gasteiger partial charge in [-0.2, -0.15) is 4.98 Å². The fourth-order valence-corrected chi connectivity index (χ4v) is 2.97. The Morgan fingerprint density at radius 1 is 1.27 bits per heavy atom. The number of carbonyl (C=O) groups is 1. The van der Waals surface area contributed by atoms with Gasteiger partial charge in [0.15, 0.2) is 0 Å². The number of rotatable bonds is 4. The molecule has 0 unspecified atom stereocenters. The van der Waals surface area contributed by atoms with Crippen molar-refractivity contribution in [2.24, 2.45) is 0 Å². The zero-order valence-electron chi connectivity index (χ0n) is 14.7. The summed E-state index contributed by atoms with van der Waals surface area (Å²) in [7, 11) is 0. The molecule has 0 atom stereocenters. The number of carbonyl (C=O) groups excluding carboxylic acids is 1. The minimum atomic E-state index is -0.462. The van der Waals surface area contributed by atoms with Gasteiger partial charge in [0.05, 0.1) is 4.92 Å². The van der Waals surface area contributed by atoms with Gasteiger partial charge in [-0.1, -0.05) is 6.07 Å². The number of benzene rings is 1. The molecule has 2 heterocycles. The summed E-state index contributed by atoms with van der Waals surface area (Å²) < 4.78 is 5.86. The largest absolute Gasteiger partial charge is 0.474 e. The third-order valence-corrected chi connectivity index (χ3v) is 4.42. The number of piperidine rings is 1. The van der Waals surface area contributed by atoms with E-state index in [0.29, 0.717) is 48.8 Å². The number of hydrogen-bond acceptors (Lipinski definition) is 6. The Labute approximate surface area is 151 Å². The van der Waals surface area contributed by atoms with E-state index in [1.165, 1.54) is 6.07 Å². The highest BCUT2D eigenvalue weighted by molar-refractivity contribution is 5.95. The molecule has 8 heteroatoms. The molecule has 1 saturated heterocycles. The van der Waals surface area contributed by atoms with E-state index in [1.54, 1.807) is 43.1 Å². The van der Waals surface area contributed by atoms with Crippen LogP contribution in [0.3, 0.4) is 0 Å². The molecule has 1 aromatic carbocycles. The van der Waals surface area contributed by atoms with E-state index in [4.69, 9.17) is 4.74 Å². The van der Waals surface area contributed by atoms with Gasteiger partial charge in [-0.15, -0.1) is 0 Å². The van der Waals surface area contributed by atoms with Crippen LogP contribution in [-0.4, -0.2) is 44.9 Å². The maximum atomic E-state index is 12.6. The second-order valence-electron chi connectivity index (χ2n) is 6.31. The Kier molecular flexibility index (Phi) is 5.11. The molecule has 8 nitrogen and oxygen atoms in total. The maximum absolute atomic E-state index is 12.6. The first-order chi connectivity index (χ1) is 12.4. The molecule has 1 amide bonds. The summed E-state index contributed by atoms with van der Waals surface area (Å²) in [6.45, 7) is 4.53. The number of amides is 1. The number of aryl methyl sites for hydroxylation is 2. The number of ether oxygens (including phenoxy) is 1. The summed E-state index contributed by atoms with van der Waals surface area (Å²) in [6, 6.07) is 6.31. The van der Waals surface area contributed by atoms with Gasteiger partial charge in [-0.25, -0.2) is 4.98 Å². The second kappa shape index (κ2) is 7.47. The summed E-state index contributed by atoms with van der Waals surface area (Å²) in [4.78, 5) is 33.2. The third kappa shape index (κ3) is 3.96. The predicted octanol–water partition coefficient (Wildman–Crippen LogP) is 2.69. The molecule has 1 fully saturated rings. The molecule has 1 aliphatic heterocycles. The van der Waals surface area contributed by atoms with E-state index in [9.17, 15) is 14.9 Å². The van der Waals surface area contributed by atoms with Crippen LogP contribution in [0.4, 0.5) is 5.69 Å². The first kappa shape index (κ1) is 17.8. The minimum Gasteiger partial charge on any atom is -0.474 e. The zero-order chi connectivity index (χ0) is 18.7. The lowest BCUT2D eigenvalue weighted by atomic mass is 10.0. The van der Waals surface area contributed by atoms with E-state index < -0.39 is 4.92 Å². The van der Waals surface area contributed by atoms with Gasteiger partial charge in [-0.05, 0) is 19.9 Å². The van der Waals surface area contributed by atoms with Crippen LogP contribution >= 0.6 is 0 Å². The van der Waals surface area contributed by atoms with E-state index >= 15 is 0 Å². The van der Waals surface area contributed by atoms with Crippen molar-refractivity contribution in [3.8, 4) is 5.88 Å². The monoisotopic (exact) mass is 356 g/mol. The fraction of sp³-hybridized carbons (Fsp3) is 0.389. The number of nitro groups is 1. The van der Waals surface area contributed by atoms with Crippen LogP contribution in [-0.2, 0) is 0 Å². The first-order valence-corrected chi connectivity index (χ1v) is 8.44. The number of likely N-dealkylation sites (tertiary alicyclic amines) is 1. The molecule has 0 N–H and O–H groups in total. The second-order valence-corrected chi connectivity index (χ2v) is 6.31. The Morgan fingerprint density at radius 3 is 2.65 bits per heavy atom. The lowest BCUT2D eigenvalue weighted by molar-refractivity contribution is -0.385. The average molecular weight is 356 g/mol. The van der Waals surface area contributed by atoms with Crippen LogP contribution in [0.2, 0.25) is 0 Å². The lowest BCUT2D eigenvalue weighted by Gasteiger charge is -2.32. The summed E-state index contributed by atoms with van der Waals surface area (Å²) in [5, 5.41) is 11.1. The molecule has 136 valence electrons. The summed E-state index contributed by atoms with van der Waals surface area (Å²) in [5.41, 5.74) is 0.847. The molecule has 2 aromatic rings. The lowest BCUT2D eigenvalue weighted by Crippen LogP contribution is -2.41. The van der Waals surface area contributed by atoms with Gasteiger partial charge in [0.2, 0.25) is 5.88 Å². The van der Waals surface area contributed by atoms with Crippen LogP contribution < -0.4 is 4.74 Å². The molecule has 1 aromatic heterocycles. The Bertz CT molecular complexity index is 832. The van der Waals surface area contributed by atoms with E-state index in [0.717, 1.165) is 0 Å². The van der Waals surface area contributed by atoms with E-state index in [1.807, 2.05) is 0 Å². The van der Waals surface area contributed by atoms with E-state index in [2.05, 4.69) is 9.97 Å². The molecule has 1 aliphatic rings. The van der Waals surface area contributed by atoms with Gasteiger partial charge in [-0.3, -0.25) is 14.9 Å². The van der Waals surface area contributed by atoms with Crippen LogP contribution in [0.1, 0.15) is 34.6 Å². The minimum absolute atomic E-state index is 0.0132. The van der Waals surface area contributed by atoms with Crippen molar-refractivity contribution in [2.45, 2.75) is 32.8 Å². The van der Waals surface area contributed by atoms with E-state index in [-0.39, 0.29) is 17.7 Å². The van der Waals surface area contributed by atoms with Crippen LogP contribution in [0, 0.1) is 24.0 Å². The maximum Gasteiger partial charge on any atom is 0.273 e. The SMILES string of the molecule is Cc1nccc(OC2CCN(C(=O)c3ccc(C)c([N+](=O)[O-])c3)CC2)n1. The number of nitrogens with zero attached hydrogens (tertiary/aromatic N) is 4. The van der Waals surface area contributed by atoms with Gasteiger partial charge < -0.3 is 9.64 Å².